The van der Waals surface area contributed by atoms with Crippen LogP contribution in [0.15, 0.2) is 12.1 Å². The molecule has 1 aromatic carbocycles. The van der Waals surface area contributed by atoms with Gasteiger partial charge >= 0.3 is 40.1 Å². The van der Waals surface area contributed by atoms with Crippen molar-refractivity contribution in [3.63, 3.8) is 0 Å². The van der Waals surface area contributed by atoms with Gasteiger partial charge in [0, 0.05) is 32.7 Å². The van der Waals surface area contributed by atoms with Crippen LogP contribution in [-0.4, -0.2) is 86.9 Å². The molecule has 1 rings (SSSR count). The van der Waals surface area contributed by atoms with Gasteiger partial charge in [0.25, 0.3) is 0 Å². The molecule has 36 heavy (non-hydrogen) atoms. The zero-order chi connectivity index (χ0) is 21.4. The van der Waals surface area contributed by atoms with Gasteiger partial charge in [-0.05, 0) is 18.1 Å². The zero-order valence-corrected chi connectivity index (χ0v) is 20.6. The Morgan fingerprint density at radius 1 is 0.722 bits per heavy atom. The Morgan fingerprint density at radius 3 is 1.25 bits per heavy atom. The molecule has 0 fully saturated rings. The average molecular weight is 632 g/mol. The first kappa shape index (κ1) is 54.5. The summed E-state index contributed by atoms with van der Waals surface area (Å²) in [5.41, 5.74) is 0.718. The predicted molar refractivity (Wildman–Crippen MR) is 108 cm³/mol. The fraction of sp³-hybridized carbons (Fsp3) is 0.412. The SMILES string of the molecule is Cc1cc(CN(CC(=O)[O-])CC(=O)[O-])c([O-])c(CN(CC(=O)[O-])CC(=O)O)c1.O.O.O.O.[Cu+2].[Cu+2].[OH3+].[OH3+]. The maximum Gasteiger partial charge on any atom is 2.00 e. The molecule has 0 amide bonds. The van der Waals surface area contributed by atoms with Crippen molar-refractivity contribution in [3.05, 3.63) is 28.8 Å². The standard InChI is InChI=1S/C17H22N2O9.2Cu.6H2O/c1-10-2-11(4-18(6-13(20)21)7-14(22)23)17(28)12(3-10)5-19(8-15(24)25)9-16(26)27;;;;;;;;/h2-3,28H,4-9H2,1H3,(H,20,21)(H,22,23)(H,24,25)(H,26,27);;;6*1H2/q;2*+2;;;;;;/p-2. The Labute approximate surface area is 226 Å². The fourth-order valence-electron chi connectivity index (χ4n) is 2.72. The molecule has 2 radical (unpaired) electrons. The Bertz CT molecular complexity index is 691. The first-order valence-electron chi connectivity index (χ1n) is 8.03. The van der Waals surface area contributed by atoms with Crippen LogP contribution in [0.3, 0.4) is 0 Å². The van der Waals surface area contributed by atoms with Crippen LogP contribution in [-0.2, 0) is 77.4 Å². The second-order valence-corrected chi connectivity index (χ2v) is 6.21. The molecule has 0 aliphatic heterocycles. The van der Waals surface area contributed by atoms with E-state index >= 15 is 0 Å². The molecule has 0 spiro atoms. The van der Waals surface area contributed by atoms with E-state index in [0.717, 1.165) is 9.80 Å². The van der Waals surface area contributed by atoms with E-state index in [-0.39, 0.29) is 91.2 Å². The molecule has 17 nitrogen and oxygen atoms in total. The van der Waals surface area contributed by atoms with Crippen molar-refractivity contribution < 1.29 is 112 Å². The maximum absolute atomic E-state index is 12.6. The molecule has 0 bridgehead atoms. The summed E-state index contributed by atoms with van der Waals surface area (Å²) in [5.74, 6) is -6.47. The topological polar surface area (TPSA) is 379 Å². The Morgan fingerprint density at radius 2 is 1.00 bits per heavy atom. The van der Waals surface area contributed by atoms with E-state index in [1.807, 2.05) is 0 Å². The third-order valence-electron chi connectivity index (χ3n) is 3.59. The number of carboxylic acid groups (broad SMARTS) is 4. The monoisotopic (exact) mass is 630 g/mol. The van der Waals surface area contributed by atoms with Crippen molar-refractivity contribution in [1.82, 2.24) is 9.80 Å². The van der Waals surface area contributed by atoms with E-state index in [1.165, 1.54) is 12.1 Å². The molecule has 0 saturated heterocycles. The number of aliphatic carboxylic acids is 4. The third-order valence-corrected chi connectivity index (χ3v) is 3.59. The van der Waals surface area contributed by atoms with Gasteiger partial charge in [-0.1, -0.05) is 23.4 Å². The van der Waals surface area contributed by atoms with Gasteiger partial charge in [-0.2, -0.15) is 0 Å². The fourth-order valence-corrected chi connectivity index (χ4v) is 2.72. The van der Waals surface area contributed by atoms with Gasteiger partial charge in [-0.3, -0.25) is 14.6 Å². The molecular weight excluding hydrogens is 599 g/mol. The number of carbonyl (C=O) groups is 4. The molecular formula is C17H32Cu2N2O15+2. The molecule has 220 valence electrons. The Balaban J connectivity index is -0.000000163. The third kappa shape index (κ3) is 20.9. The van der Waals surface area contributed by atoms with Gasteiger partial charge in [-0.15, -0.1) is 0 Å². The van der Waals surface area contributed by atoms with E-state index in [4.69, 9.17) is 5.11 Å². The van der Waals surface area contributed by atoms with Crippen LogP contribution < -0.4 is 20.4 Å². The summed E-state index contributed by atoms with van der Waals surface area (Å²) in [4.78, 5) is 45.2. The Kier molecular flexibility index (Phi) is 38.9. The van der Waals surface area contributed by atoms with Gasteiger partial charge in [0.05, 0.1) is 24.5 Å². The molecule has 0 heterocycles. The molecule has 0 aliphatic carbocycles. The largest absolute Gasteiger partial charge is 2.00 e. The summed E-state index contributed by atoms with van der Waals surface area (Å²) in [6, 6.07) is 2.88. The summed E-state index contributed by atoms with van der Waals surface area (Å²) >= 11 is 0. The zero-order valence-electron chi connectivity index (χ0n) is 18.8. The molecule has 1 aromatic rings. The van der Waals surface area contributed by atoms with Gasteiger partial charge in [-0.25, -0.2) is 0 Å². The van der Waals surface area contributed by atoms with E-state index in [2.05, 4.69) is 0 Å². The van der Waals surface area contributed by atoms with Gasteiger partial charge < -0.3 is 72.8 Å². The van der Waals surface area contributed by atoms with Crippen molar-refractivity contribution >= 4 is 23.9 Å². The quantitative estimate of drug-likeness (QED) is 0.167. The first-order chi connectivity index (χ1) is 13.0. The second-order valence-electron chi connectivity index (χ2n) is 6.21. The minimum Gasteiger partial charge on any atom is -0.872 e. The summed E-state index contributed by atoms with van der Waals surface area (Å²) in [7, 11) is 0. The smallest absolute Gasteiger partial charge is 0.872 e. The van der Waals surface area contributed by atoms with E-state index < -0.39 is 55.8 Å². The summed E-state index contributed by atoms with van der Waals surface area (Å²) in [6.07, 6.45) is 0. The van der Waals surface area contributed by atoms with Crippen molar-refractivity contribution in [3.8, 4) is 5.75 Å². The summed E-state index contributed by atoms with van der Waals surface area (Å²) in [5, 5.41) is 53.9. The first-order valence-corrected chi connectivity index (χ1v) is 8.03. The van der Waals surface area contributed by atoms with E-state index in [0.29, 0.717) is 5.56 Å². The van der Waals surface area contributed by atoms with Crippen LogP contribution in [0.1, 0.15) is 16.7 Å². The van der Waals surface area contributed by atoms with E-state index in [9.17, 15) is 39.6 Å². The van der Waals surface area contributed by atoms with Gasteiger partial charge in [0.15, 0.2) is 0 Å². The number of hydrogen-bond donors (Lipinski definition) is 1. The minimum atomic E-state index is -1.54. The van der Waals surface area contributed by atoms with Gasteiger partial charge in [0.2, 0.25) is 0 Å². The summed E-state index contributed by atoms with van der Waals surface area (Å²) < 4.78 is 0. The van der Waals surface area contributed by atoms with Crippen LogP contribution in [0.2, 0.25) is 0 Å². The molecule has 15 N–H and O–H groups in total. The molecule has 0 atom stereocenters. The molecule has 0 unspecified atom stereocenters. The Hall–Kier alpha value is -2.38. The van der Waals surface area contributed by atoms with Crippen molar-refractivity contribution in [2.75, 3.05) is 26.2 Å². The van der Waals surface area contributed by atoms with Crippen molar-refractivity contribution in [2.24, 2.45) is 0 Å². The number of nitrogens with zero attached hydrogens (tertiary/aromatic N) is 2. The minimum absolute atomic E-state index is 0. The van der Waals surface area contributed by atoms with Crippen LogP contribution in [0, 0.1) is 6.92 Å². The predicted octanol–water partition coefficient (Wildman–Crippen LogP) is -10.1. The second kappa shape index (κ2) is 25.7. The number of rotatable bonds is 12. The van der Waals surface area contributed by atoms with Crippen LogP contribution >= 0.6 is 0 Å². The number of carbonyl (C=O) groups excluding carboxylic acids is 3. The molecule has 0 aliphatic rings. The van der Waals surface area contributed by atoms with E-state index in [1.54, 1.807) is 6.92 Å². The number of benzene rings is 1. The van der Waals surface area contributed by atoms with Crippen LogP contribution in [0.4, 0.5) is 0 Å². The number of hydrogen-bond acceptors (Lipinski definition) is 10. The number of aryl methyl sites for hydroxylation is 1. The summed E-state index contributed by atoms with van der Waals surface area (Å²) in [6.45, 7) is -1.84. The van der Waals surface area contributed by atoms with Crippen LogP contribution in [0.25, 0.3) is 0 Å². The average Bonchev–Trinajstić information content (AvgIpc) is 2.49. The van der Waals surface area contributed by atoms with Crippen LogP contribution in [0.5, 0.6) is 5.75 Å². The molecule has 19 heteroatoms. The molecule has 0 aromatic heterocycles. The molecule has 0 saturated carbocycles. The maximum atomic E-state index is 12.6. The van der Waals surface area contributed by atoms with Gasteiger partial charge in [0.1, 0.15) is 0 Å². The van der Waals surface area contributed by atoms with Crippen molar-refractivity contribution in [1.29, 1.82) is 0 Å². The number of carboxylic acids is 4. The normalized spacial score (nSPS) is 8.53. The van der Waals surface area contributed by atoms with Crippen molar-refractivity contribution in [2.45, 2.75) is 20.0 Å².